The van der Waals surface area contributed by atoms with Gasteiger partial charge >= 0.3 is 0 Å². The monoisotopic (exact) mass is 1120 g/mol. The minimum atomic E-state index is -1.61. The summed E-state index contributed by atoms with van der Waals surface area (Å²) in [5, 5.41) is 33.9. The smallest absolute Gasteiger partial charge is 0.256 e. The molecule has 15 heteroatoms. The largest absolute Gasteiger partial charge is 0.488 e. The molecule has 0 unspecified atom stereocenters. The van der Waals surface area contributed by atoms with Crippen molar-refractivity contribution in [3.05, 3.63) is 263 Å². The molecule has 14 nitrogen and oxygen atoms in total. The summed E-state index contributed by atoms with van der Waals surface area (Å²) >= 11 is 6.53. The zero-order valence-corrected chi connectivity index (χ0v) is 45.9. The van der Waals surface area contributed by atoms with Crippen LogP contribution >= 0.6 is 11.6 Å². The molecule has 0 saturated heterocycles. The summed E-state index contributed by atoms with van der Waals surface area (Å²) in [7, 11) is 0. The third-order valence-corrected chi connectivity index (χ3v) is 17.2. The fourth-order valence-electron chi connectivity index (χ4n) is 12.1. The Balaban J connectivity index is 0.720. The van der Waals surface area contributed by atoms with Crippen molar-refractivity contribution in [3.63, 3.8) is 0 Å². The number of amides is 2. The van der Waals surface area contributed by atoms with Crippen LogP contribution in [0.1, 0.15) is 105 Å². The first-order valence-corrected chi connectivity index (χ1v) is 28.3. The minimum absolute atomic E-state index is 0.00856. The molecule has 0 radical (unpaired) electrons. The number of hydrogen-bond acceptors (Lipinski definition) is 10. The van der Waals surface area contributed by atoms with Crippen molar-refractivity contribution < 1.29 is 24.5 Å². The molecule has 7 aromatic carbocycles. The van der Waals surface area contributed by atoms with E-state index in [2.05, 4.69) is 40.3 Å². The predicted molar refractivity (Wildman–Crippen MR) is 314 cm³/mol. The Labute approximate surface area is 483 Å². The van der Waals surface area contributed by atoms with Crippen LogP contribution in [0, 0.1) is 11.3 Å². The van der Waals surface area contributed by atoms with Gasteiger partial charge in [-0.3, -0.25) is 19.2 Å². The second kappa shape index (κ2) is 21.6. The van der Waals surface area contributed by atoms with Gasteiger partial charge in [-0.15, -0.1) is 0 Å². The van der Waals surface area contributed by atoms with Crippen LogP contribution in [0.3, 0.4) is 0 Å². The number of carbonyl (C=O) groups excluding carboxylic acids is 2. The van der Waals surface area contributed by atoms with Gasteiger partial charge < -0.3 is 34.7 Å². The summed E-state index contributed by atoms with van der Waals surface area (Å²) in [6.07, 6.45) is 1.21. The van der Waals surface area contributed by atoms with Gasteiger partial charge in [0.15, 0.2) is 12.2 Å². The summed E-state index contributed by atoms with van der Waals surface area (Å²) in [4.78, 5) is 74.7. The third-order valence-electron chi connectivity index (χ3n) is 17.0. The molecule has 9 aromatic rings. The lowest BCUT2D eigenvalue weighted by atomic mass is 9.92. The molecule has 2 aliphatic heterocycles. The zero-order chi connectivity index (χ0) is 57.0. The lowest BCUT2D eigenvalue weighted by Gasteiger charge is -2.30. The first kappa shape index (κ1) is 53.1. The molecule has 13 rings (SSSR count). The van der Waals surface area contributed by atoms with Crippen LogP contribution in [0.5, 0.6) is 5.75 Å². The SMILES string of the molecule is N#Cc1cc(Cl)cc(-c2cc(-c3cccc(COc4ccccc4-c4cccc([C@@H](O)C(=O)N5CCc6nc(C7(c8ccccc8)CC7)[nH]c(=O)c6C5)c4)c3)cc([C@@H](O)C(=O)N3CCc4nc(C5(c6ccccc6)CC5)[nH]c(=O)c4C3)c2)c1. The van der Waals surface area contributed by atoms with Crippen molar-refractivity contribution >= 4 is 23.4 Å². The Kier molecular flexibility index (Phi) is 13.8. The number of aliphatic hydroxyl groups excluding tert-OH is 2. The average Bonchev–Trinajstić information content (AvgIpc) is 3.57. The van der Waals surface area contributed by atoms with Gasteiger partial charge in [0.2, 0.25) is 0 Å². The number of nitrogens with zero attached hydrogens (tertiary/aromatic N) is 5. The quantitative estimate of drug-likeness (QED) is 0.0811. The van der Waals surface area contributed by atoms with Crippen LogP contribution in [0.15, 0.2) is 179 Å². The van der Waals surface area contributed by atoms with Crippen LogP contribution < -0.4 is 15.9 Å². The summed E-state index contributed by atoms with van der Waals surface area (Å²) in [5.74, 6) is 0.797. The molecule has 0 spiro atoms. The van der Waals surface area contributed by atoms with E-state index in [0.29, 0.717) is 97.7 Å². The van der Waals surface area contributed by atoms with Crippen LogP contribution in [0.4, 0.5) is 0 Å². The molecule has 2 aromatic heterocycles. The number of rotatable bonds is 14. The molecule has 2 saturated carbocycles. The maximum absolute atomic E-state index is 14.4. The lowest BCUT2D eigenvalue weighted by Crippen LogP contribution is -2.42. The summed E-state index contributed by atoms with van der Waals surface area (Å²) in [6.45, 7) is 0.749. The summed E-state index contributed by atoms with van der Waals surface area (Å²) in [6, 6.07) is 55.1. The van der Waals surface area contributed by atoms with Crippen molar-refractivity contribution in [1.29, 1.82) is 5.26 Å². The van der Waals surface area contributed by atoms with E-state index in [4.69, 9.17) is 26.3 Å². The molecule has 0 bridgehead atoms. The zero-order valence-electron chi connectivity index (χ0n) is 45.1. The van der Waals surface area contributed by atoms with E-state index in [1.165, 1.54) is 9.80 Å². The third kappa shape index (κ3) is 10.2. The molecule has 4 heterocycles. The first-order chi connectivity index (χ1) is 40.4. The highest BCUT2D eigenvalue weighted by molar-refractivity contribution is 6.31. The molecular weight excluding hydrogens is 1060 g/mol. The summed E-state index contributed by atoms with van der Waals surface area (Å²) in [5.41, 5.74) is 9.22. The molecule has 2 atom stereocenters. The lowest BCUT2D eigenvalue weighted by molar-refractivity contribution is -0.142. The number of H-pyrrole nitrogens is 2. The van der Waals surface area contributed by atoms with Crippen molar-refractivity contribution in [3.8, 4) is 45.2 Å². The van der Waals surface area contributed by atoms with Crippen LogP contribution in [-0.2, 0) is 53.0 Å². The van der Waals surface area contributed by atoms with E-state index < -0.39 is 24.0 Å². The predicted octanol–water partition coefficient (Wildman–Crippen LogP) is 10.4. The highest BCUT2D eigenvalue weighted by Crippen LogP contribution is 2.53. The molecule has 4 aliphatic rings. The van der Waals surface area contributed by atoms with Crippen molar-refractivity contribution in [2.24, 2.45) is 0 Å². The molecule has 2 aliphatic carbocycles. The Morgan fingerprint density at radius 1 is 0.590 bits per heavy atom. The molecule has 412 valence electrons. The number of aromatic nitrogens is 4. The number of nitrogens with one attached hydrogen (secondary N) is 2. The van der Waals surface area contributed by atoms with Gasteiger partial charge in [0.1, 0.15) is 24.0 Å². The minimum Gasteiger partial charge on any atom is -0.488 e. The van der Waals surface area contributed by atoms with Crippen LogP contribution in [0.25, 0.3) is 33.4 Å². The fourth-order valence-corrected chi connectivity index (χ4v) is 12.3. The molecule has 83 heavy (non-hydrogen) atoms. The van der Waals surface area contributed by atoms with E-state index in [9.17, 15) is 34.7 Å². The number of aliphatic hydroxyl groups is 2. The Morgan fingerprint density at radius 2 is 1.11 bits per heavy atom. The number of para-hydroxylation sites is 1. The molecule has 2 amide bonds. The molecule has 4 N–H and O–H groups in total. The standard InChI is InChI=1S/C68H56ClN7O7/c69-52-31-42(37-70)30-46(36-52)48-33-47(34-49(35-48)60(78)64(82)76-28-22-57-55(39-76)62(80)74-66(72-57)68(25-26-68)51-17-5-2-6-18-51)43-12-9-11-41(29-43)40-83-58-20-8-7-19-53(58)44-13-10-14-45(32-44)59(77)63(81)75-27-21-56-54(38-75)61(79)73-65(71-56)67(23-24-67)50-15-3-1-4-16-50/h1-20,29-36,59-60,77-78H,21-28,38-40H2,(H,71,73,79)(H,72,74,80)/t59-,60-/m1/s1. The number of ether oxygens (including phenoxy) is 1. The van der Waals surface area contributed by atoms with Gasteiger partial charge in [-0.25, -0.2) is 9.97 Å². The number of benzene rings is 7. The van der Waals surface area contributed by atoms with Gasteiger partial charge in [-0.05, 0) is 136 Å². The number of nitriles is 1. The maximum atomic E-state index is 14.4. The van der Waals surface area contributed by atoms with E-state index in [-0.39, 0.29) is 48.2 Å². The molecule has 2 fully saturated rings. The van der Waals surface area contributed by atoms with Crippen molar-refractivity contribution in [1.82, 2.24) is 29.7 Å². The first-order valence-electron chi connectivity index (χ1n) is 27.9. The number of hydrogen-bond donors (Lipinski definition) is 4. The maximum Gasteiger partial charge on any atom is 0.256 e. The van der Waals surface area contributed by atoms with Gasteiger partial charge in [0.25, 0.3) is 22.9 Å². The summed E-state index contributed by atoms with van der Waals surface area (Å²) < 4.78 is 6.55. The topological polar surface area (TPSA) is 206 Å². The van der Waals surface area contributed by atoms with Crippen LogP contribution in [0.2, 0.25) is 5.02 Å². The highest BCUT2D eigenvalue weighted by atomic mass is 35.5. The Bertz CT molecular complexity index is 4210. The van der Waals surface area contributed by atoms with Gasteiger partial charge in [0, 0.05) is 36.5 Å². The molecular formula is C68H56ClN7O7. The second-order valence-corrected chi connectivity index (χ2v) is 22.6. The normalized spacial score (nSPS) is 16.2. The van der Waals surface area contributed by atoms with Crippen LogP contribution in [-0.4, -0.2) is 64.9 Å². The number of aromatic amines is 2. The van der Waals surface area contributed by atoms with Gasteiger partial charge in [-0.1, -0.05) is 127 Å². The van der Waals surface area contributed by atoms with Crippen molar-refractivity contribution in [2.45, 2.75) is 81.3 Å². The highest BCUT2D eigenvalue weighted by Gasteiger charge is 2.50. The van der Waals surface area contributed by atoms with Gasteiger partial charge in [-0.2, -0.15) is 5.26 Å². The second-order valence-electron chi connectivity index (χ2n) is 22.2. The number of halogens is 1. The van der Waals surface area contributed by atoms with E-state index >= 15 is 0 Å². The van der Waals surface area contributed by atoms with E-state index in [0.717, 1.165) is 59.1 Å². The number of carbonyl (C=O) groups is 2. The van der Waals surface area contributed by atoms with E-state index in [1.807, 2.05) is 97.1 Å². The fraction of sp³-hybridized carbons (Fsp3) is 0.221. The van der Waals surface area contributed by atoms with Gasteiger partial charge in [0.05, 0.1) is 58.1 Å². The Hall–Kier alpha value is -9.26. The Morgan fingerprint density at radius 3 is 1.70 bits per heavy atom. The number of fused-ring (bicyclic) bond motifs is 2. The average molecular weight is 1120 g/mol. The van der Waals surface area contributed by atoms with E-state index in [1.54, 1.807) is 48.5 Å². The van der Waals surface area contributed by atoms with Crippen molar-refractivity contribution in [2.75, 3.05) is 13.1 Å².